The molecule has 4 rings (SSSR count). The molecule has 0 saturated heterocycles. The molecule has 0 saturated carbocycles. The third-order valence-corrected chi connectivity index (χ3v) is 7.29. The van der Waals surface area contributed by atoms with Crippen LogP contribution in [0.15, 0.2) is 66.7 Å². The van der Waals surface area contributed by atoms with E-state index in [1.54, 1.807) is 6.92 Å². The van der Waals surface area contributed by atoms with Crippen molar-refractivity contribution < 1.29 is 41.8 Å². The zero-order chi connectivity index (χ0) is 32.9. The van der Waals surface area contributed by atoms with Crippen LogP contribution in [0.3, 0.4) is 0 Å². The summed E-state index contributed by atoms with van der Waals surface area (Å²) in [5, 5.41) is 17.6. The lowest BCUT2D eigenvalue weighted by molar-refractivity contribution is -0.137. The third kappa shape index (κ3) is 8.41. The predicted molar refractivity (Wildman–Crippen MR) is 160 cm³/mol. The number of amides is 5. The zero-order valence-electron chi connectivity index (χ0n) is 24.7. The second-order valence-corrected chi connectivity index (χ2v) is 10.8. The van der Waals surface area contributed by atoms with Crippen molar-refractivity contribution in [3.05, 3.63) is 83.7 Å². The van der Waals surface area contributed by atoms with E-state index in [0.717, 1.165) is 24.3 Å². The lowest BCUT2D eigenvalue weighted by Gasteiger charge is -2.38. The van der Waals surface area contributed by atoms with E-state index < -0.39 is 47.7 Å². The highest BCUT2D eigenvalue weighted by Gasteiger charge is 2.34. The molecule has 3 atom stereocenters. The number of urea groups is 2. The first-order valence-corrected chi connectivity index (χ1v) is 14.0. The number of likely N-dealkylation sites (N-methyl/N-ethyl adjacent to an activating group) is 1. The Labute approximate surface area is 257 Å². The van der Waals surface area contributed by atoms with Crippen LogP contribution in [0.1, 0.15) is 29.8 Å². The molecule has 4 N–H and O–H groups in total. The van der Waals surface area contributed by atoms with Gasteiger partial charge in [0.15, 0.2) is 0 Å². The Morgan fingerprint density at radius 1 is 1.00 bits per heavy atom. The second-order valence-electron chi connectivity index (χ2n) is 10.8. The molecule has 0 unspecified atom stereocenters. The molecule has 1 aliphatic heterocycles. The molecule has 1 aliphatic rings. The summed E-state index contributed by atoms with van der Waals surface area (Å²) in [5.74, 6) is -1.03. The fraction of sp³-hybridized carbons (Fsp3) is 0.323. The molecule has 0 aliphatic carbocycles. The number of hydrogen-bond acceptors (Lipinski definition) is 5. The molecule has 14 heteroatoms. The maximum absolute atomic E-state index is 13.6. The Hall–Kier alpha value is -4.85. The Bertz CT molecular complexity index is 1520. The van der Waals surface area contributed by atoms with E-state index in [0.29, 0.717) is 5.69 Å². The third-order valence-electron chi connectivity index (χ3n) is 7.29. The lowest BCUT2D eigenvalue weighted by atomic mass is 9.99. The summed E-state index contributed by atoms with van der Waals surface area (Å²) in [6.07, 6.45) is -5.15. The van der Waals surface area contributed by atoms with Gasteiger partial charge in [-0.3, -0.25) is 4.79 Å². The Balaban J connectivity index is 1.52. The van der Waals surface area contributed by atoms with E-state index >= 15 is 0 Å². The number of ether oxygens (including phenoxy) is 1. The van der Waals surface area contributed by atoms with Crippen LogP contribution < -0.4 is 20.7 Å². The van der Waals surface area contributed by atoms with Gasteiger partial charge in [-0.25, -0.2) is 14.0 Å². The first-order valence-electron chi connectivity index (χ1n) is 14.0. The number of alkyl halides is 3. The van der Waals surface area contributed by atoms with Gasteiger partial charge in [-0.1, -0.05) is 6.92 Å². The minimum atomic E-state index is -4.50. The van der Waals surface area contributed by atoms with Crippen LogP contribution in [-0.4, -0.2) is 71.8 Å². The van der Waals surface area contributed by atoms with Crippen LogP contribution in [0.2, 0.25) is 0 Å². The first kappa shape index (κ1) is 33.1. The van der Waals surface area contributed by atoms with Crippen LogP contribution in [0.25, 0.3) is 0 Å². The summed E-state index contributed by atoms with van der Waals surface area (Å²) in [6.45, 7) is 3.41. The lowest BCUT2D eigenvalue weighted by Crippen LogP contribution is -2.50. The quantitative estimate of drug-likeness (QED) is 0.243. The normalized spacial score (nSPS) is 17.2. The van der Waals surface area contributed by atoms with Gasteiger partial charge >= 0.3 is 18.2 Å². The van der Waals surface area contributed by atoms with Gasteiger partial charge in [-0.05, 0) is 73.7 Å². The molecule has 10 nitrogen and oxygen atoms in total. The van der Waals surface area contributed by atoms with Gasteiger partial charge in [0.2, 0.25) is 0 Å². The van der Waals surface area contributed by atoms with Gasteiger partial charge in [0.1, 0.15) is 17.7 Å². The fourth-order valence-electron chi connectivity index (χ4n) is 4.66. The maximum Gasteiger partial charge on any atom is 0.416 e. The highest BCUT2D eigenvalue weighted by molar-refractivity contribution is 6.02. The van der Waals surface area contributed by atoms with Crippen LogP contribution in [0, 0.1) is 11.7 Å². The average Bonchev–Trinajstić information content (AvgIpc) is 2.99. The maximum atomic E-state index is 13.6. The number of hydrogen-bond donors (Lipinski definition) is 4. The van der Waals surface area contributed by atoms with Gasteiger partial charge in [0.25, 0.3) is 5.91 Å². The Morgan fingerprint density at radius 3 is 2.20 bits per heavy atom. The number of aliphatic hydroxyl groups excluding tert-OH is 1. The molecule has 0 aromatic heterocycles. The minimum absolute atomic E-state index is 0.0443. The number of carbonyl (C=O) groups excluding carboxylic acids is 3. The van der Waals surface area contributed by atoms with E-state index in [4.69, 9.17) is 4.74 Å². The zero-order valence-corrected chi connectivity index (χ0v) is 24.7. The number of nitrogens with one attached hydrogen (secondary N) is 3. The van der Waals surface area contributed by atoms with Crippen molar-refractivity contribution in [2.75, 3.05) is 42.7 Å². The monoisotopic (exact) mass is 631 g/mol. The van der Waals surface area contributed by atoms with Crippen molar-refractivity contribution in [3.63, 3.8) is 0 Å². The first-order chi connectivity index (χ1) is 21.2. The molecule has 3 aromatic rings. The number of halogens is 4. The molecule has 3 aromatic carbocycles. The van der Waals surface area contributed by atoms with E-state index in [2.05, 4.69) is 16.0 Å². The Kier molecular flexibility index (Phi) is 10.2. The highest BCUT2D eigenvalue weighted by Crippen LogP contribution is 2.32. The second kappa shape index (κ2) is 13.8. The van der Waals surface area contributed by atoms with Gasteiger partial charge < -0.3 is 35.6 Å². The van der Waals surface area contributed by atoms with Gasteiger partial charge in [0, 0.05) is 36.6 Å². The molecule has 0 fully saturated rings. The summed E-state index contributed by atoms with van der Waals surface area (Å²) < 4.78 is 58.1. The van der Waals surface area contributed by atoms with Gasteiger partial charge in [-0.2, -0.15) is 13.2 Å². The van der Waals surface area contributed by atoms with Gasteiger partial charge in [0.05, 0.1) is 30.3 Å². The van der Waals surface area contributed by atoms with E-state index in [-0.39, 0.29) is 48.3 Å². The fourth-order valence-corrected chi connectivity index (χ4v) is 4.66. The molecular formula is C31H33F4N5O5. The largest absolute Gasteiger partial charge is 0.487 e. The van der Waals surface area contributed by atoms with Crippen molar-refractivity contribution in [1.29, 1.82) is 0 Å². The Morgan fingerprint density at radius 2 is 1.58 bits per heavy atom. The van der Waals surface area contributed by atoms with Crippen molar-refractivity contribution in [3.8, 4) is 5.75 Å². The van der Waals surface area contributed by atoms with E-state index in [1.165, 1.54) is 59.3 Å². The topological polar surface area (TPSA) is 123 Å². The summed E-state index contributed by atoms with van der Waals surface area (Å²) in [4.78, 5) is 41.9. The molecule has 1 heterocycles. The molecule has 0 spiro atoms. The molecule has 240 valence electrons. The van der Waals surface area contributed by atoms with Gasteiger partial charge in [-0.15, -0.1) is 0 Å². The molecule has 0 radical (unpaired) electrons. The number of rotatable bonds is 7. The number of fused-ring (bicyclic) bond motifs is 1. The number of benzene rings is 3. The van der Waals surface area contributed by atoms with Crippen molar-refractivity contribution in [2.45, 2.75) is 32.2 Å². The molecular weight excluding hydrogens is 598 g/mol. The highest BCUT2D eigenvalue weighted by atomic mass is 19.4. The number of nitrogens with zero attached hydrogens (tertiary/aromatic N) is 2. The van der Waals surface area contributed by atoms with E-state index in [9.17, 15) is 37.1 Å². The van der Waals surface area contributed by atoms with E-state index in [1.807, 2.05) is 6.92 Å². The molecule has 45 heavy (non-hydrogen) atoms. The van der Waals surface area contributed by atoms with Crippen molar-refractivity contribution >= 4 is 35.0 Å². The number of aliphatic hydroxyl groups is 1. The predicted octanol–water partition coefficient (Wildman–Crippen LogP) is 5.87. The van der Waals surface area contributed by atoms with Crippen LogP contribution >= 0.6 is 0 Å². The van der Waals surface area contributed by atoms with Crippen molar-refractivity contribution in [1.82, 2.24) is 9.80 Å². The smallest absolute Gasteiger partial charge is 0.416 e. The van der Waals surface area contributed by atoms with Crippen LogP contribution in [-0.2, 0) is 6.18 Å². The van der Waals surface area contributed by atoms with Crippen LogP contribution in [0.5, 0.6) is 5.75 Å². The van der Waals surface area contributed by atoms with Crippen molar-refractivity contribution in [2.24, 2.45) is 5.92 Å². The minimum Gasteiger partial charge on any atom is -0.487 e. The molecule has 5 amide bonds. The average molecular weight is 632 g/mol. The van der Waals surface area contributed by atoms with Crippen LogP contribution in [0.4, 0.5) is 44.2 Å². The summed E-state index contributed by atoms with van der Waals surface area (Å²) in [7, 11) is 1.50. The number of anilines is 3. The standard InChI is InChI=1S/C31H33F4N5O5/c1-18-15-40(19(2)17-41)28(42)25-14-24(37-29(43)36-22-10-6-21(32)7-11-22)12-13-26(25)45-27(18)16-39(3)30(44)38-23-8-4-20(5-9-23)31(33,34)35/h4-14,18-19,27,41H,15-17H2,1-3H3,(H,38,44)(H2,36,37,43)/t18-,19+,27+/m1/s1. The number of carbonyl (C=O) groups is 3. The SMILES string of the molecule is C[C@@H]1CN([C@@H](C)CO)C(=O)c2cc(NC(=O)Nc3ccc(F)cc3)ccc2O[C@H]1CN(C)C(=O)Nc1ccc(C(F)(F)F)cc1. The summed E-state index contributed by atoms with van der Waals surface area (Å²) in [5.41, 5.74) is 0.0655. The molecule has 0 bridgehead atoms. The summed E-state index contributed by atoms with van der Waals surface area (Å²) in [6, 6.07) is 11.9. The summed E-state index contributed by atoms with van der Waals surface area (Å²) >= 11 is 0.